The fourth-order valence-corrected chi connectivity index (χ4v) is 1.32. The minimum absolute atomic E-state index is 0.345. The molecule has 0 bridgehead atoms. The van der Waals surface area contributed by atoms with Gasteiger partial charge in [0.05, 0.1) is 7.11 Å². The molecule has 0 spiro atoms. The number of hydrazine groups is 1. The van der Waals surface area contributed by atoms with Crippen molar-refractivity contribution in [1.82, 2.24) is 10.4 Å². The van der Waals surface area contributed by atoms with Gasteiger partial charge in [0.2, 0.25) is 0 Å². The van der Waals surface area contributed by atoms with Gasteiger partial charge in [-0.2, -0.15) is 0 Å². The van der Waals surface area contributed by atoms with E-state index >= 15 is 0 Å². The number of rotatable bonds is 2. The molecule has 16 heavy (non-hydrogen) atoms. The van der Waals surface area contributed by atoms with E-state index in [0.717, 1.165) is 0 Å². The third-order valence-corrected chi connectivity index (χ3v) is 2.13. The summed E-state index contributed by atoms with van der Waals surface area (Å²) in [5, 5.41) is 1.51. The van der Waals surface area contributed by atoms with Gasteiger partial charge in [0.25, 0.3) is 0 Å². The third kappa shape index (κ3) is 3.37. The van der Waals surface area contributed by atoms with Crippen molar-refractivity contribution in [3.05, 3.63) is 0 Å². The zero-order valence-corrected chi connectivity index (χ0v) is 10.1. The first-order valence-electron chi connectivity index (χ1n) is 5.17. The summed E-state index contributed by atoms with van der Waals surface area (Å²) in [6.45, 7) is 5.96. The van der Waals surface area contributed by atoms with Crippen LogP contribution in [0.5, 0.6) is 0 Å². The summed E-state index contributed by atoms with van der Waals surface area (Å²) < 4.78 is 9.66. The molecule has 0 radical (unpaired) electrons. The number of hydrogen-bond acceptors (Lipinski definition) is 5. The molecule has 6 nitrogen and oxygen atoms in total. The van der Waals surface area contributed by atoms with E-state index in [1.165, 1.54) is 12.1 Å². The summed E-state index contributed by atoms with van der Waals surface area (Å²) in [6, 6.07) is -0.391. The molecule has 92 valence electrons. The Morgan fingerprint density at radius 3 is 2.38 bits per heavy atom. The number of nitrogens with zero attached hydrogens (tertiary/aromatic N) is 1. The zero-order valence-electron chi connectivity index (χ0n) is 10.1. The molecule has 1 amide bonds. The SMILES string of the molecule is COC(=O)[C@@H]1CCN1NC(=O)OC(C)(C)C. The van der Waals surface area contributed by atoms with Crippen molar-refractivity contribution >= 4 is 12.1 Å². The molecular formula is C10H18N2O4. The number of esters is 1. The molecule has 1 saturated heterocycles. The lowest BCUT2D eigenvalue weighted by molar-refractivity contribution is -0.154. The number of hydrogen-bond donors (Lipinski definition) is 1. The van der Waals surface area contributed by atoms with Crippen LogP contribution in [0.1, 0.15) is 27.2 Å². The van der Waals surface area contributed by atoms with Crippen LogP contribution in [0.25, 0.3) is 0 Å². The number of nitrogens with one attached hydrogen (secondary N) is 1. The molecule has 1 rings (SSSR count). The van der Waals surface area contributed by atoms with Crippen molar-refractivity contribution in [2.75, 3.05) is 13.7 Å². The number of methoxy groups -OCH3 is 1. The van der Waals surface area contributed by atoms with E-state index in [1.807, 2.05) is 0 Å². The highest BCUT2D eigenvalue weighted by Gasteiger charge is 2.36. The first kappa shape index (κ1) is 12.8. The van der Waals surface area contributed by atoms with Gasteiger partial charge in [0.15, 0.2) is 0 Å². The molecule has 0 aromatic carbocycles. The van der Waals surface area contributed by atoms with Crippen molar-refractivity contribution in [3.63, 3.8) is 0 Å². The van der Waals surface area contributed by atoms with Crippen molar-refractivity contribution < 1.29 is 19.1 Å². The van der Waals surface area contributed by atoms with E-state index in [2.05, 4.69) is 10.2 Å². The lowest BCUT2D eigenvalue weighted by Gasteiger charge is -2.38. The average molecular weight is 230 g/mol. The Kier molecular flexibility index (Phi) is 3.74. The van der Waals surface area contributed by atoms with E-state index in [-0.39, 0.29) is 5.97 Å². The summed E-state index contributed by atoms with van der Waals surface area (Å²) in [4.78, 5) is 22.6. The molecular weight excluding hydrogens is 212 g/mol. The van der Waals surface area contributed by atoms with E-state index in [4.69, 9.17) is 4.74 Å². The van der Waals surface area contributed by atoms with Gasteiger partial charge in [-0.25, -0.2) is 9.80 Å². The summed E-state index contributed by atoms with van der Waals surface area (Å²) in [5.74, 6) is -0.345. The van der Waals surface area contributed by atoms with Gasteiger partial charge >= 0.3 is 12.1 Å². The van der Waals surface area contributed by atoms with E-state index in [9.17, 15) is 9.59 Å². The Labute approximate surface area is 94.8 Å². The zero-order chi connectivity index (χ0) is 12.3. The Morgan fingerprint density at radius 1 is 1.38 bits per heavy atom. The maximum Gasteiger partial charge on any atom is 0.422 e. The Balaban J connectivity index is 2.38. The smallest absolute Gasteiger partial charge is 0.422 e. The Hall–Kier alpha value is -1.30. The van der Waals surface area contributed by atoms with Crippen LogP contribution in [0.2, 0.25) is 0 Å². The van der Waals surface area contributed by atoms with E-state index < -0.39 is 17.7 Å². The fraction of sp³-hybridized carbons (Fsp3) is 0.800. The summed E-state index contributed by atoms with van der Waals surface area (Å²) in [6.07, 6.45) is 0.128. The third-order valence-electron chi connectivity index (χ3n) is 2.13. The molecule has 6 heteroatoms. The Bertz CT molecular complexity index is 285. The molecule has 0 aromatic heterocycles. The van der Waals surface area contributed by atoms with Gasteiger partial charge in [-0.3, -0.25) is 10.2 Å². The highest BCUT2D eigenvalue weighted by atomic mass is 16.6. The maximum absolute atomic E-state index is 11.4. The van der Waals surface area contributed by atoms with Crippen LogP contribution in [0.3, 0.4) is 0 Å². The molecule has 0 aromatic rings. The van der Waals surface area contributed by atoms with Crippen LogP contribution in [0.4, 0.5) is 4.79 Å². The maximum atomic E-state index is 11.4. The van der Waals surface area contributed by atoms with Crippen LogP contribution in [0, 0.1) is 0 Å². The molecule has 1 atom stereocenters. The van der Waals surface area contributed by atoms with Crippen LogP contribution < -0.4 is 5.43 Å². The highest BCUT2D eigenvalue weighted by Crippen LogP contribution is 2.16. The van der Waals surface area contributed by atoms with Gasteiger partial charge in [0.1, 0.15) is 11.6 Å². The van der Waals surface area contributed by atoms with Gasteiger partial charge in [0, 0.05) is 6.54 Å². The van der Waals surface area contributed by atoms with Crippen LogP contribution >= 0.6 is 0 Å². The average Bonchev–Trinajstić information content (AvgIpc) is 2.09. The summed E-state index contributed by atoms with van der Waals surface area (Å²) in [7, 11) is 1.33. The minimum atomic E-state index is -0.555. The molecule has 0 aliphatic carbocycles. The normalized spacial score (nSPS) is 20.9. The van der Waals surface area contributed by atoms with Gasteiger partial charge < -0.3 is 9.47 Å². The predicted octanol–water partition coefficient (Wildman–Crippen LogP) is 0.673. The number of ether oxygens (including phenoxy) is 2. The lowest BCUT2D eigenvalue weighted by Crippen LogP contribution is -2.61. The largest absolute Gasteiger partial charge is 0.468 e. The van der Waals surface area contributed by atoms with Crippen LogP contribution in [-0.2, 0) is 14.3 Å². The number of carbonyl (C=O) groups is 2. The fourth-order valence-electron chi connectivity index (χ4n) is 1.32. The first-order valence-corrected chi connectivity index (χ1v) is 5.17. The van der Waals surface area contributed by atoms with Crippen molar-refractivity contribution in [3.8, 4) is 0 Å². The van der Waals surface area contributed by atoms with Crippen LogP contribution in [-0.4, -0.2) is 42.4 Å². The second-order valence-electron chi connectivity index (χ2n) is 4.63. The Morgan fingerprint density at radius 2 is 2.00 bits per heavy atom. The first-order chi connectivity index (χ1) is 7.33. The minimum Gasteiger partial charge on any atom is -0.468 e. The second kappa shape index (κ2) is 4.69. The lowest BCUT2D eigenvalue weighted by atomic mass is 10.1. The standard InChI is InChI=1S/C10H18N2O4/c1-10(2,3)16-9(14)11-12-6-5-7(12)8(13)15-4/h7H,5-6H2,1-4H3,(H,11,14)/t7-/m0/s1. The highest BCUT2D eigenvalue weighted by molar-refractivity contribution is 5.77. The molecule has 1 fully saturated rings. The molecule has 1 aliphatic heterocycles. The molecule has 1 N–H and O–H groups in total. The topological polar surface area (TPSA) is 67.9 Å². The molecule has 1 heterocycles. The van der Waals surface area contributed by atoms with E-state index in [1.54, 1.807) is 20.8 Å². The predicted molar refractivity (Wildman–Crippen MR) is 56.5 cm³/mol. The van der Waals surface area contributed by atoms with Gasteiger partial charge in [-0.1, -0.05) is 0 Å². The number of carbonyl (C=O) groups excluding carboxylic acids is 2. The summed E-state index contributed by atoms with van der Waals surface area (Å²) >= 11 is 0. The van der Waals surface area contributed by atoms with Gasteiger partial charge in [-0.05, 0) is 27.2 Å². The van der Waals surface area contributed by atoms with Crippen molar-refractivity contribution in [1.29, 1.82) is 0 Å². The van der Waals surface area contributed by atoms with Gasteiger partial charge in [-0.15, -0.1) is 0 Å². The quantitative estimate of drug-likeness (QED) is 0.706. The second-order valence-corrected chi connectivity index (χ2v) is 4.63. The van der Waals surface area contributed by atoms with Crippen molar-refractivity contribution in [2.24, 2.45) is 0 Å². The number of amides is 1. The van der Waals surface area contributed by atoms with Crippen molar-refractivity contribution in [2.45, 2.75) is 38.8 Å². The molecule has 0 saturated carbocycles. The monoisotopic (exact) mass is 230 g/mol. The summed E-state index contributed by atoms with van der Waals surface area (Å²) in [5.41, 5.74) is 1.96. The van der Waals surface area contributed by atoms with Crippen LogP contribution in [0.15, 0.2) is 0 Å². The molecule has 0 unspecified atom stereocenters. The molecule has 1 aliphatic rings. The van der Waals surface area contributed by atoms with E-state index in [0.29, 0.717) is 13.0 Å².